The number of nitrogens with zero attached hydrogens (tertiary/aromatic N) is 1. The Morgan fingerprint density at radius 1 is 1.56 bits per heavy atom. The largest absolute Gasteiger partial charge is 0.495 e. The van der Waals surface area contributed by atoms with Gasteiger partial charge in [0, 0.05) is 30.1 Å². The molecule has 0 aliphatic carbocycles. The van der Waals surface area contributed by atoms with Gasteiger partial charge in [0.25, 0.3) is 0 Å². The average Bonchev–Trinajstić information content (AvgIpc) is 2.59. The van der Waals surface area contributed by atoms with Gasteiger partial charge in [0.2, 0.25) is 0 Å². The monoisotopic (exact) mass is 240 g/mol. The van der Waals surface area contributed by atoms with E-state index < -0.39 is 0 Å². The van der Waals surface area contributed by atoms with Crippen LogP contribution in [0.3, 0.4) is 0 Å². The summed E-state index contributed by atoms with van der Waals surface area (Å²) in [6.07, 6.45) is 0.963. The predicted molar refractivity (Wildman–Crippen MR) is 67.7 cm³/mol. The zero-order valence-corrected chi connectivity index (χ0v) is 10.4. The van der Waals surface area contributed by atoms with Crippen LogP contribution in [0, 0.1) is 0 Å². The van der Waals surface area contributed by atoms with Crippen LogP contribution in [0.25, 0.3) is 0 Å². The molecule has 0 bridgehead atoms. The lowest BCUT2D eigenvalue weighted by Crippen LogP contribution is -2.17. The lowest BCUT2D eigenvalue weighted by molar-refractivity contribution is 0.415. The van der Waals surface area contributed by atoms with Gasteiger partial charge in [0.05, 0.1) is 12.8 Å². The zero-order valence-electron chi connectivity index (χ0n) is 9.66. The van der Waals surface area contributed by atoms with Gasteiger partial charge in [0.15, 0.2) is 0 Å². The van der Waals surface area contributed by atoms with E-state index in [1.54, 1.807) is 7.11 Å². The lowest BCUT2D eigenvalue weighted by atomic mass is 9.97. The Bertz CT molecular complexity index is 395. The summed E-state index contributed by atoms with van der Waals surface area (Å²) in [6.45, 7) is 1.65. The third kappa shape index (κ3) is 1.74. The standard InChI is InChI=1S/C12H17ClN2O/c1-15-7-8(5-6-14)11-9(13)3-4-10(16-2)12(11)15/h3-4,8H,5-7,14H2,1-2H3. The van der Waals surface area contributed by atoms with E-state index in [-0.39, 0.29) is 0 Å². The highest BCUT2D eigenvalue weighted by molar-refractivity contribution is 6.32. The van der Waals surface area contributed by atoms with Crippen LogP contribution >= 0.6 is 11.6 Å². The first-order valence-electron chi connectivity index (χ1n) is 5.46. The van der Waals surface area contributed by atoms with Crippen molar-refractivity contribution in [3.63, 3.8) is 0 Å². The van der Waals surface area contributed by atoms with Gasteiger partial charge in [-0.3, -0.25) is 0 Å². The molecule has 1 atom stereocenters. The average molecular weight is 241 g/mol. The molecule has 1 aliphatic rings. The molecule has 0 radical (unpaired) electrons. The molecule has 0 saturated carbocycles. The van der Waals surface area contributed by atoms with Gasteiger partial charge < -0.3 is 15.4 Å². The summed E-state index contributed by atoms with van der Waals surface area (Å²) in [4.78, 5) is 2.19. The van der Waals surface area contributed by atoms with Crippen molar-refractivity contribution in [2.24, 2.45) is 5.73 Å². The molecule has 2 N–H and O–H groups in total. The van der Waals surface area contributed by atoms with E-state index in [9.17, 15) is 0 Å². The first kappa shape index (κ1) is 11.6. The molecule has 88 valence electrons. The van der Waals surface area contributed by atoms with Gasteiger partial charge in [0.1, 0.15) is 5.75 Å². The van der Waals surface area contributed by atoms with Crippen molar-refractivity contribution in [2.45, 2.75) is 12.3 Å². The molecule has 1 aromatic carbocycles. The topological polar surface area (TPSA) is 38.5 Å². The Morgan fingerprint density at radius 3 is 2.94 bits per heavy atom. The van der Waals surface area contributed by atoms with E-state index in [0.717, 1.165) is 29.4 Å². The molecule has 1 aromatic rings. The summed E-state index contributed by atoms with van der Waals surface area (Å²) in [7, 11) is 3.75. The number of rotatable bonds is 3. The first-order chi connectivity index (χ1) is 7.69. The maximum Gasteiger partial charge on any atom is 0.142 e. The van der Waals surface area contributed by atoms with Gasteiger partial charge in [-0.15, -0.1) is 0 Å². The molecule has 0 aromatic heterocycles. The minimum absolute atomic E-state index is 0.424. The molecule has 1 aliphatic heterocycles. The number of ether oxygens (including phenoxy) is 1. The number of anilines is 1. The second kappa shape index (κ2) is 4.52. The summed E-state index contributed by atoms with van der Waals surface area (Å²) >= 11 is 6.27. The fourth-order valence-electron chi connectivity index (χ4n) is 2.46. The maximum atomic E-state index is 6.27. The number of halogens is 1. The summed E-state index contributed by atoms with van der Waals surface area (Å²) in [5.41, 5.74) is 7.95. The van der Waals surface area contributed by atoms with Crippen molar-refractivity contribution in [1.29, 1.82) is 0 Å². The Morgan fingerprint density at radius 2 is 2.31 bits per heavy atom. The van der Waals surface area contributed by atoms with Gasteiger partial charge in [-0.05, 0) is 25.1 Å². The van der Waals surface area contributed by atoms with E-state index >= 15 is 0 Å². The van der Waals surface area contributed by atoms with Gasteiger partial charge >= 0.3 is 0 Å². The number of fused-ring (bicyclic) bond motifs is 1. The van der Waals surface area contributed by atoms with Crippen LogP contribution in [-0.4, -0.2) is 27.2 Å². The Kier molecular flexibility index (Phi) is 3.26. The molecular weight excluding hydrogens is 224 g/mol. The highest BCUT2D eigenvalue weighted by Crippen LogP contribution is 2.46. The van der Waals surface area contributed by atoms with Crippen molar-refractivity contribution < 1.29 is 4.74 Å². The van der Waals surface area contributed by atoms with E-state index in [4.69, 9.17) is 22.1 Å². The van der Waals surface area contributed by atoms with Crippen LogP contribution in [0.1, 0.15) is 17.9 Å². The number of methoxy groups -OCH3 is 1. The second-order valence-electron chi connectivity index (χ2n) is 4.17. The zero-order chi connectivity index (χ0) is 11.7. The fourth-order valence-corrected chi connectivity index (χ4v) is 2.77. The number of likely N-dealkylation sites (N-methyl/N-ethyl adjacent to an activating group) is 1. The molecule has 0 saturated heterocycles. The predicted octanol–water partition coefficient (Wildman–Crippen LogP) is 2.23. The maximum absolute atomic E-state index is 6.27. The van der Waals surface area contributed by atoms with Crippen molar-refractivity contribution in [3.8, 4) is 5.75 Å². The SMILES string of the molecule is COc1ccc(Cl)c2c1N(C)CC2CCN. The number of hydrogen-bond donors (Lipinski definition) is 1. The summed E-state index contributed by atoms with van der Waals surface area (Å²) in [5, 5.41) is 0.818. The smallest absolute Gasteiger partial charge is 0.142 e. The van der Waals surface area contributed by atoms with Crippen molar-refractivity contribution in [1.82, 2.24) is 0 Å². The summed E-state index contributed by atoms with van der Waals surface area (Å²) in [5.74, 6) is 1.31. The highest BCUT2D eigenvalue weighted by Gasteiger charge is 2.30. The molecule has 4 heteroatoms. The van der Waals surface area contributed by atoms with E-state index in [1.807, 2.05) is 12.1 Å². The Balaban J connectivity index is 2.49. The third-order valence-electron chi connectivity index (χ3n) is 3.15. The summed E-state index contributed by atoms with van der Waals surface area (Å²) < 4.78 is 5.38. The van der Waals surface area contributed by atoms with Gasteiger partial charge in [-0.1, -0.05) is 11.6 Å². The molecule has 0 spiro atoms. The number of nitrogens with two attached hydrogens (primary N) is 1. The van der Waals surface area contributed by atoms with Crippen LogP contribution in [0.4, 0.5) is 5.69 Å². The van der Waals surface area contributed by atoms with Crippen molar-refractivity contribution >= 4 is 17.3 Å². The van der Waals surface area contributed by atoms with Gasteiger partial charge in [-0.2, -0.15) is 0 Å². The van der Waals surface area contributed by atoms with E-state index in [1.165, 1.54) is 5.56 Å². The molecule has 0 fully saturated rings. The quantitative estimate of drug-likeness (QED) is 0.881. The molecular formula is C12H17ClN2O. The first-order valence-corrected chi connectivity index (χ1v) is 5.84. The lowest BCUT2D eigenvalue weighted by Gasteiger charge is -2.15. The van der Waals surface area contributed by atoms with Gasteiger partial charge in [-0.25, -0.2) is 0 Å². The summed E-state index contributed by atoms with van der Waals surface area (Å²) in [6, 6.07) is 3.82. The van der Waals surface area contributed by atoms with Crippen molar-refractivity contribution in [2.75, 3.05) is 32.1 Å². The van der Waals surface area contributed by atoms with Crippen LogP contribution in [0.5, 0.6) is 5.75 Å². The minimum Gasteiger partial charge on any atom is -0.495 e. The normalized spacial score (nSPS) is 18.8. The molecule has 2 rings (SSSR count). The fraction of sp³-hybridized carbons (Fsp3) is 0.500. The second-order valence-corrected chi connectivity index (χ2v) is 4.57. The Labute approximate surface area is 101 Å². The Hall–Kier alpha value is -0.930. The number of benzene rings is 1. The molecule has 16 heavy (non-hydrogen) atoms. The minimum atomic E-state index is 0.424. The highest BCUT2D eigenvalue weighted by atomic mass is 35.5. The molecule has 0 amide bonds. The molecule has 3 nitrogen and oxygen atoms in total. The van der Waals surface area contributed by atoms with Crippen LogP contribution in [0.2, 0.25) is 5.02 Å². The van der Waals surface area contributed by atoms with Crippen LogP contribution in [0.15, 0.2) is 12.1 Å². The molecule has 1 unspecified atom stereocenters. The van der Waals surface area contributed by atoms with Crippen LogP contribution in [-0.2, 0) is 0 Å². The third-order valence-corrected chi connectivity index (χ3v) is 3.48. The van der Waals surface area contributed by atoms with Crippen molar-refractivity contribution in [3.05, 3.63) is 22.7 Å². The van der Waals surface area contributed by atoms with E-state index in [0.29, 0.717) is 12.5 Å². The van der Waals surface area contributed by atoms with E-state index in [2.05, 4.69) is 11.9 Å². The van der Waals surface area contributed by atoms with Crippen LogP contribution < -0.4 is 15.4 Å². The number of hydrogen-bond acceptors (Lipinski definition) is 3. The molecule has 1 heterocycles.